The summed E-state index contributed by atoms with van der Waals surface area (Å²) in [5.74, 6) is 1.35. The van der Waals surface area contributed by atoms with E-state index in [1.54, 1.807) is 11.3 Å². The van der Waals surface area contributed by atoms with Crippen molar-refractivity contribution in [2.24, 2.45) is 0 Å². The third-order valence-electron chi connectivity index (χ3n) is 4.73. The summed E-state index contributed by atoms with van der Waals surface area (Å²) in [6.07, 6.45) is 1.07. The predicted octanol–water partition coefficient (Wildman–Crippen LogP) is 5.01. The number of hydrogen-bond acceptors (Lipinski definition) is 6. The highest BCUT2D eigenvalue weighted by Gasteiger charge is 2.30. The van der Waals surface area contributed by atoms with E-state index in [1.165, 1.54) is 16.0 Å². The molecule has 3 aromatic heterocycles. The summed E-state index contributed by atoms with van der Waals surface area (Å²) in [5, 5.41) is 8.38. The topological polar surface area (TPSA) is 42.2 Å². The highest BCUT2D eigenvalue weighted by Crippen LogP contribution is 2.38. The lowest BCUT2D eigenvalue weighted by Crippen LogP contribution is -2.35. The van der Waals surface area contributed by atoms with E-state index in [0.717, 1.165) is 17.8 Å². The Kier molecular flexibility index (Phi) is 4.16. The van der Waals surface area contributed by atoms with Gasteiger partial charge in [0.05, 0.1) is 17.5 Å². The quantitative estimate of drug-likeness (QED) is 0.500. The van der Waals surface area contributed by atoms with E-state index < -0.39 is 0 Å². The van der Waals surface area contributed by atoms with Gasteiger partial charge in [-0.3, -0.25) is 4.90 Å². The fourth-order valence-electron chi connectivity index (χ4n) is 3.56. The Morgan fingerprint density at radius 1 is 1.04 bits per heavy atom. The van der Waals surface area contributed by atoms with E-state index in [4.69, 9.17) is 4.52 Å². The molecule has 1 aliphatic heterocycles. The summed E-state index contributed by atoms with van der Waals surface area (Å²) in [5.41, 5.74) is 2.72. The van der Waals surface area contributed by atoms with Crippen molar-refractivity contribution in [3.8, 4) is 10.7 Å². The van der Waals surface area contributed by atoms with Crippen LogP contribution in [0.2, 0.25) is 0 Å². The summed E-state index contributed by atoms with van der Waals surface area (Å²) in [6, 6.07) is 17.2. The van der Waals surface area contributed by atoms with E-state index in [-0.39, 0.29) is 6.04 Å². The molecule has 0 spiro atoms. The van der Waals surface area contributed by atoms with Crippen LogP contribution in [0.1, 0.15) is 27.9 Å². The average molecular weight is 380 g/mol. The Morgan fingerprint density at radius 3 is 2.81 bits per heavy atom. The van der Waals surface area contributed by atoms with Crippen molar-refractivity contribution in [3.05, 3.63) is 81.2 Å². The maximum absolute atomic E-state index is 5.55. The zero-order chi connectivity index (χ0) is 17.3. The molecule has 0 aliphatic carbocycles. The molecule has 0 fully saturated rings. The van der Waals surface area contributed by atoms with Crippen LogP contribution in [0, 0.1) is 0 Å². The van der Waals surface area contributed by atoms with E-state index in [2.05, 4.69) is 56.8 Å². The van der Waals surface area contributed by atoms with Gasteiger partial charge in [-0.2, -0.15) is 4.98 Å². The molecule has 5 rings (SSSR count). The van der Waals surface area contributed by atoms with Crippen molar-refractivity contribution in [2.75, 3.05) is 6.54 Å². The SMILES string of the molecule is c1ccc(C2c3ccsc3CCN2Cc2nc(-c3cccs3)no2)cc1. The second-order valence-electron chi connectivity index (χ2n) is 6.32. The minimum Gasteiger partial charge on any atom is -0.338 e. The van der Waals surface area contributed by atoms with E-state index in [1.807, 2.05) is 28.8 Å². The summed E-state index contributed by atoms with van der Waals surface area (Å²) in [4.78, 5) is 9.58. The van der Waals surface area contributed by atoms with Crippen molar-refractivity contribution in [2.45, 2.75) is 19.0 Å². The van der Waals surface area contributed by atoms with E-state index in [9.17, 15) is 0 Å². The zero-order valence-corrected chi connectivity index (χ0v) is 15.7. The second-order valence-corrected chi connectivity index (χ2v) is 8.27. The first-order valence-electron chi connectivity index (χ1n) is 8.60. The van der Waals surface area contributed by atoms with Crippen LogP contribution in [0.3, 0.4) is 0 Å². The van der Waals surface area contributed by atoms with Crippen LogP contribution in [0.15, 0.2) is 63.8 Å². The van der Waals surface area contributed by atoms with Gasteiger partial charge in [0.2, 0.25) is 11.7 Å². The molecule has 26 heavy (non-hydrogen) atoms. The number of rotatable bonds is 4. The van der Waals surface area contributed by atoms with Gasteiger partial charge in [-0.05, 0) is 40.4 Å². The number of hydrogen-bond donors (Lipinski definition) is 0. The molecule has 1 aliphatic rings. The lowest BCUT2D eigenvalue weighted by Gasteiger charge is -2.35. The predicted molar refractivity (Wildman–Crippen MR) is 104 cm³/mol. The van der Waals surface area contributed by atoms with Gasteiger partial charge >= 0.3 is 0 Å². The minimum absolute atomic E-state index is 0.239. The second kappa shape index (κ2) is 6.79. The third-order valence-corrected chi connectivity index (χ3v) is 6.59. The molecule has 0 N–H and O–H groups in total. The maximum Gasteiger partial charge on any atom is 0.241 e. The molecule has 0 saturated heterocycles. The number of fused-ring (bicyclic) bond motifs is 1. The van der Waals surface area contributed by atoms with Crippen molar-refractivity contribution in [1.29, 1.82) is 0 Å². The molecule has 6 heteroatoms. The standard InChI is InChI=1S/C20H17N3OS2/c1-2-5-14(6-3-1)19-15-9-12-26-16(15)8-10-23(19)13-18-21-20(22-24-18)17-7-4-11-25-17/h1-7,9,11-12,19H,8,10,13H2. The van der Waals surface area contributed by atoms with Crippen LogP contribution in [-0.4, -0.2) is 21.6 Å². The summed E-state index contributed by atoms with van der Waals surface area (Å²) in [6.45, 7) is 1.65. The van der Waals surface area contributed by atoms with Crippen LogP contribution in [-0.2, 0) is 13.0 Å². The lowest BCUT2D eigenvalue weighted by molar-refractivity contribution is 0.179. The normalized spacial score (nSPS) is 17.3. The van der Waals surface area contributed by atoms with Crippen molar-refractivity contribution < 1.29 is 4.52 Å². The van der Waals surface area contributed by atoms with Gasteiger partial charge in [0.25, 0.3) is 0 Å². The molecular formula is C20H17N3OS2. The smallest absolute Gasteiger partial charge is 0.241 e. The van der Waals surface area contributed by atoms with Crippen molar-refractivity contribution in [1.82, 2.24) is 15.0 Å². The van der Waals surface area contributed by atoms with Gasteiger partial charge in [0.1, 0.15) is 0 Å². The summed E-state index contributed by atoms with van der Waals surface area (Å²) in [7, 11) is 0. The van der Waals surface area contributed by atoms with Gasteiger partial charge in [0, 0.05) is 11.4 Å². The van der Waals surface area contributed by atoms with Crippen LogP contribution in [0.5, 0.6) is 0 Å². The molecule has 0 radical (unpaired) electrons. The first kappa shape index (κ1) is 15.9. The molecule has 0 saturated carbocycles. The van der Waals surface area contributed by atoms with E-state index >= 15 is 0 Å². The van der Waals surface area contributed by atoms with Gasteiger partial charge in [-0.1, -0.05) is 41.6 Å². The molecule has 4 nitrogen and oxygen atoms in total. The Labute approximate surface area is 159 Å². The highest BCUT2D eigenvalue weighted by molar-refractivity contribution is 7.13. The minimum atomic E-state index is 0.239. The lowest BCUT2D eigenvalue weighted by atomic mass is 9.93. The molecule has 1 aromatic carbocycles. The maximum atomic E-state index is 5.55. The van der Waals surface area contributed by atoms with Crippen LogP contribution in [0.25, 0.3) is 10.7 Å². The van der Waals surface area contributed by atoms with Gasteiger partial charge in [0.15, 0.2) is 0 Å². The average Bonchev–Trinajstić information content (AvgIpc) is 3.43. The molecule has 4 aromatic rings. The van der Waals surface area contributed by atoms with Crippen LogP contribution in [0.4, 0.5) is 0 Å². The number of benzene rings is 1. The first-order chi connectivity index (χ1) is 12.9. The molecule has 0 amide bonds. The van der Waals surface area contributed by atoms with Crippen molar-refractivity contribution in [3.63, 3.8) is 0 Å². The van der Waals surface area contributed by atoms with E-state index in [0.29, 0.717) is 18.3 Å². The van der Waals surface area contributed by atoms with Gasteiger partial charge < -0.3 is 4.52 Å². The van der Waals surface area contributed by atoms with Crippen molar-refractivity contribution >= 4 is 22.7 Å². The van der Waals surface area contributed by atoms with Gasteiger partial charge in [-0.25, -0.2) is 0 Å². The summed E-state index contributed by atoms with van der Waals surface area (Å²) < 4.78 is 5.55. The monoisotopic (exact) mass is 379 g/mol. The number of aromatic nitrogens is 2. The fourth-order valence-corrected chi connectivity index (χ4v) is 5.12. The molecule has 0 bridgehead atoms. The molecule has 4 heterocycles. The van der Waals surface area contributed by atoms with Crippen LogP contribution < -0.4 is 0 Å². The fraction of sp³-hybridized carbons (Fsp3) is 0.200. The van der Waals surface area contributed by atoms with Gasteiger partial charge in [-0.15, -0.1) is 22.7 Å². The first-order valence-corrected chi connectivity index (χ1v) is 10.4. The number of thiophene rings is 2. The Hall–Kier alpha value is -2.28. The molecule has 130 valence electrons. The molecule has 1 atom stereocenters. The number of nitrogens with zero attached hydrogens (tertiary/aromatic N) is 3. The highest BCUT2D eigenvalue weighted by atomic mass is 32.1. The Morgan fingerprint density at radius 2 is 1.96 bits per heavy atom. The Balaban J connectivity index is 1.46. The zero-order valence-electron chi connectivity index (χ0n) is 14.0. The molecular weight excluding hydrogens is 362 g/mol. The van der Waals surface area contributed by atoms with Crippen LogP contribution >= 0.6 is 22.7 Å². The Bertz CT molecular complexity index is 991. The largest absolute Gasteiger partial charge is 0.338 e. The third kappa shape index (κ3) is 2.90. The molecule has 1 unspecified atom stereocenters. The summed E-state index contributed by atoms with van der Waals surface area (Å²) >= 11 is 3.49.